The predicted octanol–water partition coefficient (Wildman–Crippen LogP) is 1.70. The van der Waals surface area contributed by atoms with Gasteiger partial charge in [0, 0.05) is 20.1 Å². The normalized spacial score (nSPS) is 0. The molecule has 1 radical (unpaired) electrons. The van der Waals surface area contributed by atoms with E-state index in [1.807, 2.05) is 0 Å². The minimum absolute atomic E-state index is 0. The second-order valence-electron chi connectivity index (χ2n) is 0. The molecule has 0 heterocycles. The van der Waals surface area contributed by atoms with Gasteiger partial charge in [-0.3, -0.25) is 0 Å². The van der Waals surface area contributed by atoms with E-state index in [0.29, 0.717) is 0 Å². The molecule has 0 fully saturated rings. The summed E-state index contributed by atoms with van der Waals surface area (Å²) in [6.07, 6.45) is 0. The number of hydrogen-bond acceptors (Lipinski definition) is 0. The van der Waals surface area contributed by atoms with Crippen molar-refractivity contribution in [2.24, 2.45) is 0 Å². The van der Waals surface area contributed by atoms with E-state index < -0.39 is 0 Å². The SMILES string of the molecule is Cl.Cl.Cl.Cl.Cl.Cl.O.[Ir]. The summed E-state index contributed by atoms with van der Waals surface area (Å²) < 4.78 is 0. The van der Waals surface area contributed by atoms with Crippen LogP contribution in [0.15, 0.2) is 0 Å². The maximum atomic E-state index is 0. The molecule has 0 atom stereocenters. The van der Waals surface area contributed by atoms with Crippen LogP contribution >= 0.6 is 74.4 Å². The fourth-order valence-electron chi connectivity index (χ4n) is 0. The van der Waals surface area contributed by atoms with E-state index in [9.17, 15) is 0 Å². The average molecular weight is 429 g/mol. The Morgan fingerprint density at radius 1 is 0.375 bits per heavy atom. The van der Waals surface area contributed by atoms with Crippen LogP contribution in [-0.4, -0.2) is 5.48 Å². The molecule has 0 rings (SSSR count). The van der Waals surface area contributed by atoms with Crippen LogP contribution in [0, 0.1) is 0 Å². The molecule has 0 saturated heterocycles. The van der Waals surface area contributed by atoms with Crippen LogP contribution in [0.2, 0.25) is 0 Å². The zero-order chi connectivity index (χ0) is 0. The van der Waals surface area contributed by atoms with Crippen LogP contribution in [0.4, 0.5) is 0 Å². The summed E-state index contributed by atoms with van der Waals surface area (Å²) >= 11 is 0. The zero-order valence-electron chi connectivity index (χ0n) is 3.28. The van der Waals surface area contributed by atoms with Gasteiger partial charge in [0.05, 0.1) is 0 Å². The smallest absolute Gasteiger partial charge is 0 e. The Kier molecular flexibility index (Phi) is 2420. The van der Waals surface area contributed by atoms with Gasteiger partial charge < -0.3 is 5.48 Å². The minimum Gasteiger partial charge on any atom is -0.412 e. The van der Waals surface area contributed by atoms with E-state index in [-0.39, 0.29) is 100 Å². The van der Waals surface area contributed by atoms with Gasteiger partial charge in [-0.05, 0) is 0 Å². The molecule has 0 unspecified atom stereocenters. The molecule has 0 aromatic heterocycles. The van der Waals surface area contributed by atoms with Crippen molar-refractivity contribution in [1.29, 1.82) is 0 Å². The molecule has 0 aliphatic rings. The molecule has 8 heteroatoms. The molecule has 65 valence electrons. The van der Waals surface area contributed by atoms with Gasteiger partial charge in [0.15, 0.2) is 0 Å². The summed E-state index contributed by atoms with van der Waals surface area (Å²) in [5.74, 6) is 0. The molecule has 0 aromatic rings. The van der Waals surface area contributed by atoms with E-state index in [0.717, 1.165) is 0 Å². The first-order chi connectivity index (χ1) is 0. The van der Waals surface area contributed by atoms with Crippen molar-refractivity contribution in [1.82, 2.24) is 0 Å². The Hall–Kier alpha value is 2.35. The summed E-state index contributed by atoms with van der Waals surface area (Å²) in [7, 11) is 0. The first-order valence-corrected chi connectivity index (χ1v) is 0. The summed E-state index contributed by atoms with van der Waals surface area (Å²) in [4.78, 5) is 0. The van der Waals surface area contributed by atoms with Crippen molar-refractivity contribution in [2.75, 3.05) is 0 Å². The van der Waals surface area contributed by atoms with Gasteiger partial charge in [0.25, 0.3) is 0 Å². The van der Waals surface area contributed by atoms with Gasteiger partial charge in [-0.1, -0.05) is 0 Å². The van der Waals surface area contributed by atoms with Gasteiger partial charge in [0.1, 0.15) is 0 Å². The monoisotopic (exact) mass is 427 g/mol. The fourth-order valence-corrected chi connectivity index (χ4v) is 0. The first kappa shape index (κ1) is 164. The molecule has 1 nitrogen and oxygen atoms in total. The minimum atomic E-state index is 0. The molecular weight excluding hydrogens is 421 g/mol. The number of hydrogen-bond donors (Lipinski definition) is 0. The third-order valence-corrected chi connectivity index (χ3v) is 0. The van der Waals surface area contributed by atoms with E-state index in [1.54, 1.807) is 0 Å². The average Bonchev–Trinajstić information content (AvgIpc) is 0. The van der Waals surface area contributed by atoms with Crippen LogP contribution in [0.25, 0.3) is 0 Å². The Balaban J connectivity index is 0. The third-order valence-electron chi connectivity index (χ3n) is 0. The summed E-state index contributed by atoms with van der Waals surface area (Å²) in [5, 5.41) is 0. The predicted molar refractivity (Wildman–Crippen MR) is 47.1 cm³/mol. The Labute approximate surface area is 99.2 Å². The Bertz CT molecular complexity index is 8.49. The number of rotatable bonds is 0. The second-order valence-corrected chi connectivity index (χ2v) is 0. The molecule has 2 N–H and O–H groups in total. The van der Waals surface area contributed by atoms with Gasteiger partial charge in [-0.15, -0.1) is 74.4 Å². The Morgan fingerprint density at radius 2 is 0.375 bits per heavy atom. The maximum Gasteiger partial charge on any atom is 0 e. The van der Waals surface area contributed by atoms with Gasteiger partial charge in [-0.25, -0.2) is 0 Å². The van der Waals surface area contributed by atoms with Crippen molar-refractivity contribution >= 4 is 74.4 Å². The first-order valence-electron chi connectivity index (χ1n) is 0. The molecule has 0 spiro atoms. The van der Waals surface area contributed by atoms with Crippen molar-refractivity contribution in [2.45, 2.75) is 0 Å². The topological polar surface area (TPSA) is 31.5 Å². The van der Waals surface area contributed by atoms with E-state index in [1.165, 1.54) is 0 Å². The second kappa shape index (κ2) is 118. The molecular formula is H8Cl6IrO. The van der Waals surface area contributed by atoms with E-state index in [4.69, 9.17) is 0 Å². The van der Waals surface area contributed by atoms with Crippen molar-refractivity contribution in [3.05, 3.63) is 0 Å². The molecule has 8 heavy (non-hydrogen) atoms. The van der Waals surface area contributed by atoms with Crippen LogP contribution in [0.5, 0.6) is 0 Å². The number of halogens is 6. The standard InChI is InChI=1S/6ClH.Ir.H2O/h6*1H;;1H2. The van der Waals surface area contributed by atoms with Crippen molar-refractivity contribution in [3.8, 4) is 0 Å². The van der Waals surface area contributed by atoms with Gasteiger partial charge >= 0.3 is 0 Å². The quantitative estimate of drug-likeness (QED) is 0.562. The molecule has 0 aromatic carbocycles. The van der Waals surface area contributed by atoms with Gasteiger partial charge in [-0.2, -0.15) is 0 Å². The van der Waals surface area contributed by atoms with Crippen molar-refractivity contribution < 1.29 is 25.6 Å². The summed E-state index contributed by atoms with van der Waals surface area (Å²) in [6.45, 7) is 0. The van der Waals surface area contributed by atoms with E-state index in [2.05, 4.69) is 0 Å². The maximum absolute atomic E-state index is 0. The molecule has 0 amide bonds. The summed E-state index contributed by atoms with van der Waals surface area (Å²) in [5.41, 5.74) is 0. The zero-order valence-corrected chi connectivity index (χ0v) is 10.6. The Morgan fingerprint density at radius 3 is 0.375 bits per heavy atom. The largest absolute Gasteiger partial charge is 0.412 e. The molecule has 0 aliphatic heterocycles. The molecule has 0 bridgehead atoms. The van der Waals surface area contributed by atoms with E-state index >= 15 is 0 Å². The summed E-state index contributed by atoms with van der Waals surface area (Å²) in [6, 6.07) is 0. The van der Waals surface area contributed by atoms with Crippen LogP contribution in [0.1, 0.15) is 0 Å². The molecule has 0 saturated carbocycles. The van der Waals surface area contributed by atoms with Crippen molar-refractivity contribution in [3.63, 3.8) is 0 Å². The fraction of sp³-hybridized carbons (Fsp3) is 0. The molecule has 0 aliphatic carbocycles. The third kappa shape index (κ3) is 81.7. The van der Waals surface area contributed by atoms with Crippen LogP contribution < -0.4 is 0 Å². The van der Waals surface area contributed by atoms with Crippen LogP contribution in [-0.2, 0) is 20.1 Å². The van der Waals surface area contributed by atoms with Gasteiger partial charge in [0.2, 0.25) is 0 Å². The van der Waals surface area contributed by atoms with Crippen LogP contribution in [0.3, 0.4) is 0 Å².